The van der Waals surface area contributed by atoms with Gasteiger partial charge in [-0.2, -0.15) is 0 Å². The van der Waals surface area contributed by atoms with Crippen LogP contribution in [-0.2, 0) is 6.54 Å². The zero-order valence-corrected chi connectivity index (χ0v) is 12.8. The molecule has 1 aliphatic heterocycles. The fourth-order valence-corrected chi connectivity index (χ4v) is 3.03. The highest BCUT2D eigenvalue weighted by Crippen LogP contribution is 2.36. The Hall–Kier alpha value is -2.80. The molecule has 116 valence electrons. The van der Waals surface area contributed by atoms with E-state index in [2.05, 4.69) is 10.3 Å². The molecule has 0 radical (unpaired) electrons. The molecule has 1 aromatic carbocycles. The van der Waals surface area contributed by atoms with Gasteiger partial charge in [0.15, 0.2) is 11.5 Å². The molecule has 0 atom stereocenters. The lowest BCUT2D eigenvalue weighted by Gasteiger charge is -2.00. The highest BCUT2D eigenvalue weighted by Gasteiger charge is 2.16. The molecule has 1 aliphatic rings. The predicted octanol–water partition coefficient (Wildman–Crippen LogP) is 3.06. The van der Waals surface area contributed by atoms with E-state index < -0.39 is 0 Å². The Morgan fingerprint density at radius 1 is 1.26 bits per heavy atom. The number of hydrogen-bond donors (Lipinski definition) is 1. The van der Waals surface area contributed by atoms with E-state index in [1.54, 1.807) is 18.7 Å². The fraction of sp³-hybridized carbons (Fsp3) is 0.125. The van der Waals surface area contributed by atoms with Gasteiger partial charge in [0, 0.05) is 17.7 Å². The zero-order chi connectivity index (χ0) is 15.6. The monoisotopic (exact) mass is 328 g/mol. The molecular formula is C16H12N2O4S. The summed E-state index contributed by atoms with van der Waals surface area (Å²) in [6, 6.07) is 7.43. The van der Waals surface area contributed by atoms with Crippen molar-refractivity contribution < 1.29 is 18.7 Å². The number of ether oxygens (including phenoxy) is 2. The van der Waals surface area contributed by atoms with Gasteiger partial charge in [0.2, 0.25) is 6.79 Å². The lowest BCUT2D eigenvalue weighted by Crippen LogP contribution is -2.21. The van der Waals surface area contributed by atoms with Crippen LogP contribution in [0.15, 0.2) is 47.4 Å². The number of amides is 1. The summed E-state index contributed by atoms with van der Waals surface area (Å²) in [7, 11) is 0. The molecule has 7 heteroatoms. The molecule has 0 saturated heterocycles. The quantitative estimate of drug-likeness (QED) is 0.797. The standard InChI is InChI=1S/C16H12N2O4S/c19-15(17-6-10-3-4-20-8-10)14-7-18-16(23-14)11-1-2-12-13(5-11)22-9-21-12/h1-5,7-8H,6,9H2,(H,17,19). The van der Waals surface area contributed by atoms with E-state index in [-0.39, 0.29) is 12.7 Å². The number of nitrogens with one attached hydrogen (secondary N) is 1. The summed E-state index contributed by atoms with van der Waals surface area (Å²) in [5.41, 5.74) is 1.81. The first-order chi connectivity index (χ1) is 11.3. The molecule has 0 unspecified atom stereocenters. The second-order valence-corrected chi connectivity index (χ2v) is 5.94. The highest BCUT2D eigenvalue weighted by atomic mass is 32.1. The van der Waals surface area contributed by atoms with E-state index in [0.29, 0.717) is 17.2 Å². The van der Waals surface area contributed by atoms with Gasteiger partial charge in [-0.05, 0) is 24.3 Å². The van der Waals surface area contributed by atoms with Crippen LogP contribution in [-0.4, -0.2) is 17.7 Å². The Labute approximate surface area is 135 Å². The maximum absolute atomic E-state index is 12.2. The minimum atomic E-state index is -0.157. The maximum atomic E-state index is 12.2. The van der Waals surface area contributed by atoms with E-state index >= 15 is 0 Å². The Balaban J connectivity index is 1.49. The van der Waals surface area contributed by atoms with Crippen LogP contribution in [0.1, 0.15) is 15.2 Å². The van der Waals surface area contributed by atoms with Crippen LogP contribution in [0.3, 0.4) is 0 Å². The van der Waals surface area contributed by atoms with Crippen molar-refractivity contribution in [2.75, 3.05) is 6.79 Å². The first-order valence-corrected chi connectivity index (χ1v) is 7.76. The van der Waals surface area contributed by atoms with Crippen molar-refractivity contribution >= 4 is 17.2 Å². The first-order valence-electron chi connectivity index (χ1n) is 6.95. The largest absolute Gasteiger partial charge is 0.472 e. The van der Waals surface area contributed by atoms with Gasteiger partial charge in [-0.3, -0.25) is 4.79 Å². The second kappa shape index (κ2) is 5.77. The van der Waals surface area contributed by atoms with Crippen molar-refractivity contribution in [1.82, 2.24) is 10.3 Å². The Kier molecular flexibility index (Phi) is 3.47. The topological polar surface area (TPSA) is 73.6 Å². The molecule has 1 N–H and O–H groups in total. The van der Waals surface area contributed by atoms with Gasteiger partial charge in [-0.15, -0.1) is 11.3 Å². The lowest BCUT2D eigenvalue weighted by atomic mass is 10.2. The fourth-order valence-electron chi connectivity index (χ4n) is 2.20. The van der Waals surface area contributed by atoms with Gasteiger partial charge < -0.3 is 19.2 Å². The number of aromatic nitrogens is 1. The molecule has 0 bridgehead atoms. The van der Waals surface area contributed by atoms with Crippen molar-refractivity contribution in [1.29, 1.82) is 0 Å². The van der Waals surface area contributed by atoms with Crippen LogP contribution in [0.25, 0.3) is 10.6 Å². The van der Waals surface area contributed by atoms with E-state index in [0.717, 1.165) is 21.9 Å². The van der Waals surface area contributed by atoms with E-state index in [9.17, 15) is 4.79 Å². The first kappa shape index (κ1) is 13.8. The molecule has 3 heterocycles. The van der Waals surface area contributed by atoms with Crippen LogP contribution in [0.4, 0.5) is 0 Å². The molecule has 0 aliphatic carbocycles. The summed E-state index contributed by atoms with van der Waals surface area (Å²) in [6.45, 7) is 0.658. The Morgan fingerprint density at radius 3 is 3.04 bits per heavy atom. The van der Waals surface area contributed by atoms with Gasteiger partial charge in [-0.1, -0.05) is 0 Å². The number of carbonyl (C=O) groups excluding carboxylic acids is 1. The maximum Gasteiger partial charge on any atom is 0.263 e. The summed E-state index contributed by atoms with van der Waals surface area (Å²) in [5.74, 6) is 1.27. The minimum Gasteiger partial charge on any atom is -0.472 e. The Bertz CT molecular complexity index is 842. The summed E-state index contributed by atoms with van der Waals surface area (Å²) in [4.78, 5) is 17.0. The third kappa shape index (κ3) is 2.78. The van der Waals surface area contributed by atoms with Crippen molar-refractivity contribution in [3.63, 3.8) is 0 Å². The molecule has 0 fully saturated rings. The van der Waals surface area contributed by atoms with Crippen molar-refractivity contribution in [3.05, 3.63) is 53.4 Å². The molecule has 0 saturated carbocycles. The van der Waals surface area contributed by atoms with Crippen LogP contribution < -0.4 is 14.8 Å². The van der Waals surface area contributed by atoms with Crippen molar-refractivity contribution in [2.24, 2.45) is 0 Å². The zero-order valence-electron chi connectivity index (χ0n) is 11.9. The van der Waals surface area contributed by atoms with Crippen LogP contribution in [0.2, 0.25) is 0 Å². The van der Waals surface area contributed by atoms with Gasteiger partial charge >= 0.3 is 0 Å². The summed E-state index contributed by atoms with van der Waals surface area (Å²) in [5, 5.41) is 3.60. The molecule has 23 heavy (non-hydrogen) atoms. The van der Waals surface area contributed by atoms with Crippen molar-refractivity contribution in [2.45, 2.75) is 6.54 Å². The smallest absolute Gasteiger partial charge is 0.263 e. The number of hydrogen-bond acceptors (Lipinski definition) is 6. The third-order valence-corrected chi connectivity index (χ3v) is 4.43. The van der Waals surface area contributed by atoms with Crippen molar-refractivity contribution in [3.8, 4) is 22.1 Å². The van der Waals surface area contributed by atoms with Crippen LogP contribution in [0.5, 0.6) is 11.5 Å². The summed E-state index contributed by atoms with van der Waals surface area (Å²) in [6.07, 6.45) is 4.76. The molecule has 0 spiro atoms. The molecule has 6 nitrogen and oxygen atoms in total. The Morgan fingerprint density at radius 2 is 2.17 bits per heavy atom. The second-order valence-electron chi connectivity index (χ2n) is 4.91. The highest BCUT2D eigenvalue weighted by molar-refractivity contribution is 7.16. The number of thiazole rings is 1. The number of fused-ring (bicyclic) bond motifs is 1. The number of furan rings is 1. The number of nitrogens with zero attached hydrogens (tertiary/aromatic N) is 1. The summed E-state index contributed by atoms with van der Waals surface area (Å²) < 4.78 is 15.6. The lowest BCUT2D eigenvalue weighted by molar-refractivity contribution is 0.0954. The molecule has 4 rings (SSSR count). The van der Waals surface area contributed by atoms with Crippen LogP contribution in [0, 0.1) is 0 Å². The molecule has 2 aromatic heterocycles. The minimum absolute atomic E-state index is 0.157. The van der Waals surface area contributed by atoms with Gasteiger partial charge in [0.05, 0.1) is 18.7 Å². The van der Waals surface area contributed by atoms with Gasteiger partial charge in [-0.25, -0.2) is 4.98 Å². The molecular weight excluding hydrogens is 316 g/mol. The normalized spacial score (nSPS) is 12.3. The van der Waals surface area contributed by atoms with Gasteiger partial charge in [0.25, 0.3) is 5.91 Å². The van der Waals surface area contributed by atoms with Crippen LogP contribution >= 0.6 is 11.3 Å². The summed E-state index contributed by atoms with van der Waals surface area (Å²) >= 11 is 1.33. The average Bonchev–Trinajstić information content (AvgIpc) is 3.32. The SMILES string of the molecule is O=C(NCc1ccoc1)c1cnc(-c2ccc3c(c2)OCO3)s1. The number of rotatable bonds is 4. The van der Waals surface area contributed by atoms with E-state index in [1.165, 1.54) is 11.3 Å². The number of carbonyl (C=O) groups is 1. The predicted molar refractivity (Wildman–Crippen MR) is 83.6 cm³/mol. The average molecular weight is 328 g/mol. The van der Waals surface area contributed by atoms with E-state index in [4.69, 9.17) is 13.9 Å². The number of benzene rings is 1. The van der Waals surface area contributed by atoms with E-state index in [1.807, 2.05) is 24.3 Å². The molecule has 3 aromatic rings. The molecule has 1 amide bonds. The third-order valence-electron chi connectivity index (χ3n) is 3.38. The van der Waals surface area contributed by atoms with Gasteiger partial charge in [0.1, 0.15) is 9.88 Å².